The van der Waals surface area contributed by atoms with E-state index in [4.69, 9.17) is 0 Å². The van der Waals surface area contributed by atoms with Crippen LogP contribution in [0.25, 0.3) is 0 Å². The number of allylic oxidation sites excluding steroid dienone is 7. The average molecular weight is 570 g/mol. The van der Waals surface area contributed by atoms with Crippen LogP contribution in [0, 0.1) is 17.8 Å². The van der Waals surface area contributed by atoms with Gasteiger partial charge in [-0.3, -0.25) is 24.1 Å². The second-order valence-electron chi connectivity index (χ2n) is 10.1. The zero-order chi connectivity index (χ0) is 26.7. The maximum Gasteiger partial charge on any atom is 0.238 e. The Balaban J connectivity index is 1.52. The highest BCUT2D eigenvalue weighted by molar-refractivity contribution is 9.12. The molecule has 0 spiro atoms. The Morgan fingerprint density at radius 3 is 2.50 bits per heavy atom. The number of Topliss-reactive ketones (excluding diaryl/α,β-unsaturated/α-hetero) is 1. The largest absolute Gasteiger partial charge is 0.507 e. The van der Waals surface area contributed by atoms with Crippen molar-refractivity contribution in [3.8, 4) is 5.75 Å². The van der Waals surface area contributed by atoms with Crippen molar-refractivity contribution in [2.75, 3.05) is 4.90 Å². The lowest BCUT2D eigenvalue weighted by molar-refractivity contribution is -0.123. The Labute approximate surface area is 228 Å². The molecule has 1 saturated heterocycles. The van der Waals surface area contributed by atoms with Gasteiger partial charge in [0.15, 0.2) is 11.6 Å². The molecule has 1 N–H and O–H groups in total. The molecule has 1 fully saturated rings. The summed E-state index contributed by atoms with van der Waals surface area (Å²) >= 11 is 3.24. The maximum absolute atomic E-state index is 13.9. The maximum atomic E-state index is 13.9. The smallest absolute Gasteiger partial charge is 0.238 e. The van der Waals surface area contributed by atoms with Crippen LogP contribution >= 0.6 is 15.9 Å². The number of hydrogen-bond donors (Lipinski definition) is 1. The molecule has 4 atom stereocenters. The van der Waals surface area contributed by atoms with Gasteiger partial charge < -0.3 is 5.11 Å². The van der Waals surface area contributed by atoms with Crippen LogP contribution in [0.15, 0.2) is 94.5 Å². The summed E-state index contributed by atoms with van der Waals surface area (Å²) in [6.45, 7) is 3.77. The van der Waals surface area contributed by atoms with E-state index in [1.54, 1.807) is 42.5 Å². The molecule has 6 nitrogen and oxygen atoms in total. The van der Waals surface area contributed by atoms with Crippen molar-refractivity contribution in [1.82, 2.24) is 0 Å². The first-order valence-corrected chi connectivity index (χ1v) is 13.4. The highest BCUT2D eigenvalue weighted by Crippen LogP contribution is 2.56. The molecule has 0 bridgehead atoms. The lowest BCUT2D eigenvalue weighted by Crippen LogP contribution is -2.39. The van der Waals surface area contributed by atoms with Gasteiger partial charge in [0.2, 0.25) is 11.8 Å². The molecule has 2 amide bonds. The summed E-state index contributed by atoms with van der Waals surface area (Å²) in [4.78, 5) is 55.3. The molecular formula is C31H24BrNO5. The molecule has 4 unspecified atom stereocenters. The highest BCUT2D eigenvalue weighted by atomic mass is 79.9. The molecule has 0 saturated carbocycles. The molecule has 190 valence electrons. The first kappa shape index (κ1) is 24.5. The normalized spacial score (nSPS) is 26.5. The SMILES string of the molecule is C=CCc1cccc(C2C3=CCC4C(=O)N(c5ccccc5)C(=O)C4C3CC3=C2C(=O)C=C(Br)C3=O)c1O. The summed E-state index contributed by atoms with van der Waals surface area (Å²) in [6, 6.07) is 14.2. The van der Waals surface area contributed by atoms with Crippen LogP contribution in [0.2, 0.25) is 0 Å². The third-order valence-corrected chi connectivity index (χ3v) is 8.76. The van der Waals surface area contributed by atoms with Gasteiger partial charge in [-0.05, 0) is 58.8 Å². The van der Waals surface area contributed by atoms with Crippen molar-refractivity contribution in [2.24, 2.45) is 17.8 Å². The zero-order valence-corrected chi connectivity index (χ0v) is 22.0. The molecule has 7 heteroatoms. The summed E-state index contributed by atoms with van der Waals surface area (Å²) in [5.41, 5.74) is 3.17. The predicted octanol–water partition coefficient (Wildman–Crippen LogP) is 5.09. The second-order valence-corrected chi connectivity index (χ2v) is 10.9. The van der Waals surface area contributed by atoms with Gasteiger partial charge in [-0.25, -0.2) is 0 Å². The standard InChI is InChI=1S/C31H24BrNO5/c1-2-7-16-8-6-11-19(28(16)35)25-18-12-13-20-26(31(38)33(30(20)37)17-9-4-3-5-10-17)21(18)14-22-27(25)24(34)15-23(32)29(22)36/h2-6,8-12,15,20-21,25-26,35H,1,7,13-14H2. The lowest BCUT2D eigenvalue weighted by atomic mass is 9.59. The fourth-order valence-corrected chi connectivity index (χ4v) is 7.01. The topological polar surface area (TPSA) is 91.8 Å². The minimum Gasteiger partial charge on any atom is -0.507 e. The van der Waals surface area contributed by atoms with Crippen molar-refractivity contribution in [3.05, 3.63) is 106 Å². The van der Waals surface area contributed by atoms with E-state index in [9.17, 15) is 24.3 Å². The number of para-hydroxylation sites is 2. The number of amides is 2. The molecule has 6 rings (SSSR count). The van der Waals surface area contributed by atoms with Crippen LogP contribution in [0.4, 0.5) is 5.69 Å². The first-order valence-electron chi connectivity index (χ1n) is 12.6. The molecule has 38 heavy (non-hydrogen) atoms. The van der Waals surface area contributed by atoms with E-state index in [0.717, 1.165) is 5.57 Å². The zero-order valence-electron chi connectivity index (χ0n) is 20.4. The van der Waals surface area contributed by atoms with Gasteiger partial charge >= 0.3 is 0 Å². The van der Waals surface area contributed by atoms with E-state index in [1.165, 1.54) is 11.0 Å². The summed E-state index contributed by atoms with van der Waals surface area (Å²) < 4.78 is 0.171. The van der Waals surface area contributed by atoms with Crippen LogP contribution in [-0.2, 0) is 25.6 Å². The van der Waals surface area contributed by atoms with Crippen LogP contribution in [0.3, 0.4) is 0 Å². The number of anilines is 1. The number of phenolic OH excluding ortho intramolecular Hbond substituents is 1. The number of rotatable bonds is 4. The number of imide groups is 1. The van der Waals surface area contributed by atoms with E-state index < -0.39 is 23.7 Å². The molecule has 1 heterocycles. The number of hydrogen-bond acceptors (Lipinski definition) is 5. The summed E-state index contributed by atoms with van der Waals surface area (Å²) in [5, 5.41) is 11.3. The van der Waals surface area contributed by atoms with E-state index in [1.807, 2.05) is 18.2 Å². The van der Waals surface area contributed by atoms with Crippen LogP contribution in [0.5, 0.6) is 5.75 Å². The van der Waals surface area contributed by atoms with Gasteiger partial charge in [-0.2, -0.15) is 0 Å². The number of carbonyl (C=O) groups excluding carboxylic acids is 4. The minimum absolute atomic E-state index is 0.0431. The Morgan fingerprint density at radius 1 is 1.00 bits per heavy atom. The van der Waals surface area contributed by atoms with Crippen molar-refractivity contribution in [1.29, 1.82) is 0 Å². The first-order chi connectivity index (χ1) is 18.3. The number of carbonyl (C=O) groups is 4. The number of phenols is 1. The number of ketones is 2. The number of fused-ring (bicyclic) bond motifs is 3. The molecule has 0 aromatic heterocycles. The van der Waals surface area contributed by atoms with Crippen LogP contribution in [-0.4, -0.2) is 28.5 Å². The average Bonchev–Trinajstić information content (AvgIpc) is 3.18. The number of aromatic hydroxyl groups is 1. The molecule has 2 aromatic carbocycles. The highest BCUT2D eigenvalue weighted by Gasteiger charge is 2.56. The molecule has 4 aliphatic rings. The second kappa shape index (κ2) is 9.17. The van der Waals surface area contributed by atoms with E-state index in [-0.39, 0.29) is 40.0 Å². The minimum atomic E-state index is -0.698. The Hall–Kier alpha value is -3.84. The Kier molecular flexibility index (Phi) is 5.91. The van der Waals surface area contributed by atoms with Gasteiger partial charge in [-0.15, -0.1) is 6.58 Å². The van der Waals surface area contributed by atoms with Gasteiger partial charge in [0.1, 0.15) is 5.75 Å². The Morgan fingerprint density at radius 2 is 1.76 bits per heavy atom. The fraction of sp³-hybridized carbons (Fsp3) is 0.226. The van der Waals surface area contributed by atoms with Gasteiger partial charge in [0.05, 0.1) is 22.0 Å². The van der Waals surface area contributed by atoms with Crippen molar-refractivity contribution >= 4 is 45.0 Å². The number of nitrogens with zero attached hydrogens (tertiary/aromatic N) is 1. The van der Waals surface area contributed by atoms with E-state index in [2.05, 4.69) is 22.5 Å². The van der Waals surface area contributed by atoms with E-state index >= 15 is 0 Å². The van der Waals surface area contributed by atoms with E-state index in [0.29, 0.717) is 40.8 Å². The van der Waals surface area contributed by atoms with Gasteiger partial charge in [0.25, 0.3) is 0 Å². The summed E-state index contributed by atoms with van der Waals surface area (Å²) in [6.07, 6.45) is 5.88. The molecule has 2 aromatic rings. The number of halogens is 1. The summed E-state index contributed by atoms with van der Waals surface area (Å²) in [7, 11) is 0. The predicted molar refractivity (Wildman–Crippen MR) is 146 cm³/mol. The van der Waals surface area contributed by atoms with Gasteiger partial charge in [0, 0.05) is 28.7 Å². The molecular weight excluding hydrogens is 546 g/mol. The quantitative estimate of drug-likeness (QED) is 0.314. The number of benzene rings is 2. The van der Waals surface area contributed by atoms with Gasteiger partial charge in [-0.1, -0.05) is 54.1 Å². The van der Waals surface area contributed by atoms with Crippen LogP contribution in [0.1, 0.15) is 29.9 Å². The third kappa shape index (κ3) is 3.52. The van der Waals surface area contributed by atoms with Crippen molar-refractivity contribution < 1.29 is 24.3 Å². The third-order valence-electron chi connectivity index (χ3n) is 8.17. The lowest BCUT2D eigenvalue weighted by Gasteiger charge is -2.42. The van der Waals surface area contributed by atoms with Crippen molar-refractivity contribution in [2.45, 2.75) is 25.2 Å². The fourth-order valence-electron chi connectivity index (χ4n) is 6.56. The summed E-state index contributed by atoms with van der Waals surface area (Å²) in [5.74, 6) is -3.47. The molecule has 1 aliphatic heterocycles. The van der Waals surface area contributed by atoms with Crippen LogP contribution < -0.4 is 4.90 Å². The molecule has 3 aliphatic carbocycles. The molecule has 0 radical (unpaired) electrons. The van der Waals surface area contributed by atoms with Crippen molar-refractivity contribution in [3.63, 3.8) is 0 Å². The monoisotopic (exact) mass is 569 g/mol. The Bertz CT molecular complexity index is 1530.